The van der Waals surface area contributed by atoms with Crippen molar-refractivity contribution in [1.29, 1.82) is 0 Å². The lowest BCUT2D eigenvalue weighted by molar-refractivity contribution is -0.187. The number of aryl methyl sites for hydroxylation is 1. The first kappa shape index (κ1) is 66.5. The molecule has 0 radical (unpaired) electrons. The van der Waals surface area contributed by atoms with Crippen molar-refractivity contribution in [2.24, 2.45) is 23.5 Å². The monoisotopic (exact) mass is 1270 g/mol. The number of ketones is 3. The summed E-state index contributed by atoms with van der Waals surface area (Å²) in [5.74, 6) is -3.36. The normalized spacial score (nSPS) is 24.8. The first-order chi connectivity index (χ1) is 38.2. The number of nitrogens with zero attached hydrogens (tertiary/aromatic N) is 1. The van der Waals surface area contributed by atoms with Gasteiger partial charge in [0.05, 0.1) is 41.4 Å². The van der Waals surface area contributed by atoms with Crippen LogP contribution in [0.15, 0.2) is 70.8 Å². The number of primary amides is 1. The fraction of sp³-hybridized carbons (Fsp3) is 0.567. The predicted molar refractivity (Wildman–Crippen MR) is 317 cm³/mol. The number of allylic oxidation sites excluding steroid dienone is 4. The molecule has 0 saturated carbocycles. The maximum absolute atomic E-state index is 14.4. The largest absolute Gasteiger partial charge is 0.462 e. The number of rotatable bonds is 24. The van der Waals surface area contributed by atoms with Crippen LogP contribution < -0.4 is 26.6 Å². The van der Waals surface area contributed by atoms with Gasteiger partial charge in [0, 0.05) is 74.4 Å². The van der Waals surface area contributed by atoms with Crippen molar-refractivity contribution in [2.45, 2.75) is 173 Å². The fourth-order valence-electron chi connectivity index (χ4n) is 10.6. The number of benzene rings is 2. The van der Waals surface area contributed by atoms with Crippen LogP contribution >= 0.6 is 43.5 Å². The van der Waals surface area contributed by atoms with Crippen molar-refractivity contribution in [2.75, 3.05) is 36.2 Å². The van der Waals surface area contributed by atoms with E-state index >= 15 is 0 Å². The van der Waals surface area contributed by atoms with E-state index in [0.29, 0.717) is 63.8 Å². The van der Waals surface area contributed by atoms with Crippen molar-refractivity contribution in [1.82, 2.24) is 10.6 Å². The van der Waals surface area contributed by atoms with Gasteiger partial charge < -0.3 is 45.3 Å². The Labute approximate surface area is 497 Å². The highest BCUT2D eigenvalue weighted by molar-refractivity contribution is 9.10. The maximum Gasteiger partial charge on any atom is 0.412 e. The molecule has 2 fully saturated rings. The molecule has 18 nitrogen and oxygen atoms in total. The summed E-state index contributed by atoms with van der Waals surface area (Å²) >= 11 is 13.6. The first-order valence-corrected chi connectivity index (χ1v) is 29.9. The number of alkyl halides is 1. The summed E-state index contributed by atoms with van der Waals surface area (Å²) in [7, 11) is 3.06. The Hall–Kier alpha value is -5.25. The van der Waals surface area contributed by atoms with E-state index in [1.54, 1.807) is 51.2 Å². The molecule has 81 heavy (non-hydrogen) atoms. The Morgan fingerprint density at radius 3 is 2.40 bits per heavy atom. The minimum Gasteiger partial charge on any atom is -0.462 e. The molecule has 3 aliphatic heterocycles. The third-order valence-corrected chi connectivity index (χ3v) is 17.4. The number of ether oxygens (including phenoxy) is 4. The van der Waals surface area contributed by atoms with Gasteiger partial charge in [0.2, 0.25) is 11.8 Å². The molecule has 0 unspecified atom stereocenters. The molecule has 0 aliphatic carbocycles. The second kappa shape index (κ2) is 30.3. The number of hydrogen-bond donors (Lipinski definition) is 5. The molecule has 2 saturated heterocycles. The minimum absolute atomic E-state index is 0.00128. The summed E-state index contributed by atoms with van der Waals surface area (Å²) in [5, 5.41) is 21.0. The van der Waals surface area contributed by atoms with E-state index < -0.39 is 83.4 Å². The fourth-order valence-corrected chi connectivity index (χ4v) is 11.6. The number of fused-ring (bicyclic) bond motifs is 5. The van der Waals surface area contributed by atoms with Gasteiger partial charge in [-0.15, -0.1) is 0 Å². The number of carbonyl (C=O) groups excluding carboxylic acids is 8. The van der Waals surface area contributed by atoms with Gasteiger partial charge in [-0.2, -0.15) is 0 Å². The molecule has 21 heteroatoms. The number of nitrogens with one attached hydrogen (secondary N) is 3. The molecule has 0 aromatic heterocycles. The lowest BCUT2D eigenvalue weighted by Crippen LogP contribution is -2.53. The molecule has 6 N–H and O–H groups in total. The Kier molecular flexibility index (Phi) is 24.9. The SMILES string of the molecule is C=C(CBr)C(=O)CCCCCCC(=O)C[C@H](C(=O)N[C@@H](CCCNC(N)=O)C(=O)Cc1ccc(NC(=O)O[C@H]2CC(=O)N(C)c3cc(cc(C)c3Cl)C/C(C)=C/C=C/[C@@H](OC)[C@]3(O)CC(=O)O[C@@H](C3)[C@@H](C)[C@@H]3O[C@@]23C)c(Br)c1)C(C)C. The molecular weight excluding hydrogens is 1190 g/mol. The number of hydrogen-bond acceptors (Lipinski definition) is 13. The number of nitrogens with two attached hydrogens (primary N) is 1. The molecular formula is C60H80Br2ClN5O13. The van der Waals surface area contributed by atoms with Crippen LogP contribution in [0.3, 0.4) is 0 Å². The smallest absolute Gasteiger partial charge is 0.412 e. The average molecular weight is 1270 g/mol. The topological polar surface area (TPSA) is 262 Å². The van der Waals surface area contributed by atoms with Crippen LogP contribution in [0.4, 0.5) is 21.0 Å². The second-order valence-corrected chi connectivity index (χ2v) is 24.2. The van der Waals surface area contributed by atoms with Crippen molar-refractivity contribution >= 4 is 102 Å². The van der Waals surface area contributed by atoms with Crippen LogP contribution in [0, 0.1) is 24.7 Å². The van der Waals surface area contributed by atoms with E-state index in [-0.39, 0.29) is 80.4 Å². The lowest BCUT2D eigenvalue weighted by Gasteiger charge is -2.41. The molecule has 5 rings (SSSR count). The van der Waals surface area contributed by atoms with Gasteiger partial charge in [-0.25, -0.2) is 9.59 Å². The molecule has 5 amide bonds. The van der Waals surface area contributed by atoms with Gasteiger partial charge in [-0.1, -0.05) is 104 Å². The third kappa shape index (κ3) is 18.9. The van der Waals surface area contributed by atoms with Crippen molar-refractivity contribution in [3.63, 3.8) is 0 Å². The summed E-state index contributed by atoms with van der Waals surface area (Å²) in [6.07, 6.45) is 4.62. The van der Waals surface area contributed by atoms with Crippen molar-refractivity contribution in [3.05, 3.63) is 92.5 Å². The predicted octanol–water partition coefficient (Wildman–Crippen LogP) is 9.82. The molecule has 2 aromatic carbocycles. The molecule has 9 atom stereocenters. The highest BCUT2D eigenvalue weighted by atomic mass is 79.9. The summed E-state index contributed by atoms with van der Waals surface area (Å²) < 4.78 is 24.4. The van der Waals surface area contributed by atoms with E-state index in [9.17, 15) is 43.5 Å². The number of esters is 1. The Morgan fingerprint density at radius 2 is 1.74 bits per heavy atom. The molecule has 0 spiro atoms. The second-order valence-electron chi connectivity index (χ2n) is 22.4. The number of halogens is 3. The van der Waals surface area contributed by atoms with Crippen LogP contribution in [0.1, 0.15) is 128 Å². The van der Waals surface area contributed by atoms with Crippen LogP contribution in [0.25, 0.3) is 0 Å². The van der Waals surface area contributed by atoms with Gasteiger partial charge in [-0.3, -0.25) is 34.1 Å². The standard InChI is InChI=1S/C60H80Br2ClN5O13/c1-34(2)42(29-41(69)17-12-10-11-13-19-47(70)37(5)33-61)56(74)66-45(18-15-23-65-57(64)75)48(71)28-39-21-22-44(43(62)26-39)67-58(76)80-51-30-52(72)68(8)46-27-40(25-36(4)54(46)63)24-35(3)16-14-20-50(78-9)60(77)31-49(79-53(73)32-60)38(6)55-59(51,7)81-55/h14,16,20-22,25-27,34,38,42,45,49-51,55,77H,5,10-13,15,17-19,23-24,28-33H2,1-4,6-9H3,(H,66,74)(H,67,76)(H3,64,65,75)/b20-14+,35-16+/t38-,42+,45+,49+,50-,51+,55+,59+,60-/m1/s1. The summed E-state index contributed by atoms with van der Waals surface area (Å²) in [6, 6.07) is 6.91. The number of aliphatic hydroxyl groups is 1. The lowest BCUT2D eigenvalue weighted by atomic mass is 9.78. The third-order valence-electron chi connectivity index (χ3n) is 15.5. The van der Waals surface area contributed by atoms with Crippen molar-refractivity contribution < 1.29 is 62.4 Å². The van der Waals surface area contributed by atoms with E-state index in [4.69, 9.17) is 36.3 Å². The van der Waals surface area contributed by atoms with Crippen LogP contribution in [-0.4, -0.2) is 120 Å². The zero-order valence-electron chi connectivity index (χ0n) is 47.8. The van der Waals surface area contributed by atoms with Crippen LogP contribution in [-0.2, 0) is 60.6 Å². The number of amides is 5. The molecule has 3 aliphatic rings. The zero-order valence-corrected chi connectivity index (χ0v) is 51.7. The van der Waals surface area contributed by atoms with Crippen LogP contribution in [0.5, 0.6) is 0 Å². The maximum atomic E-state index is 14.4. The number of urea groups is 1. The summed E-state index contributed by atoms with van der Waals surface area (Å²) in [5.41, 5.74) is 6.75. The van der Waals surface area contributed by atoms with Crippen LogP contribution in [0.2, 0.25) is 5.02 Å². The number of epoxide rings is 1. The van der Waals surface area contributed by atoms with Crippen molar-refractivity contribution in [3.8, 4) is 0 Å². The van der Waals surface area contributed by atoms with Gasteiger partial charge in [0.25, 0.3) is 0 Å². The highest BCUT2D eigenvalue weighted by Gasteiger charge is 2.64. The molecule has 2 aromatic rings. The van der Waals surface area contributed by atoms with Gasteiger partial charge in [0.1, 0.15) is 35.3 Å². The number of anilines is 2. The number of unbranched alkanes of at least 4 members (excludes halogenated alkanes) is 3. The Morgan fingerprint density at radius 1 is 1.04 bits per heavy atom. The zero-order chi connectivity index (χ0) is 59.9. The quantitative estimate of drug-likeness (QED) is 0.0216. The molecule has 4 bridgehead atoms. The highest BCUT2D eigenvalue weighted by Crippen LogP contribution is 2.50. The number of carbonyl (C=O) groups is 8. The Bertz CT molecular complexity index is 2740. The average Bonchev–Trinajstić information content (AvgIpc) is 4.12. The van der Waals surface area contributed by atoms with Gasteiger partial charge >= 0.3 is 18.1 Å². The minimum atomic E-state index is -1.62. The Balaban J connectivity index is 1.31. The summed E-state index contributed by atoms with van der Waals surface area (Å²) in [4.78, 5) is 108. The van der Waals surface area contributed by atoms with Gasteiger partial charge in [0.15, 0.2) is 11.6 Å². The van der Waals surface area contributed by atoms with Gasteiger partial charge in [-0.05, 0) is 115 Å². The number of methoxy groups -OCH3 is 1. The van der Waals surface area contributed by atoms with E-state index in [1.165, 1.54) is 12.0 Å². The summed E-state index contributed by atoms with van der Waals surface area (Å²) in [6.45, 7) is 14.9. The molecule has 444 valence electrons. The number of Topliss-reactive ketones (excluding diaryl/α,β-unsaturated/α-hetero) is 3. The molecule has 3 heterocycles. The van der Waals surface area contributed by atoms with E-state index in [1.807, 2.05) is 45.9 Å². The van der Waals surface area contributed by atoms with E-state index in [2.05, 4.69) is 54.4 Å². The van der Waals surface area contributed by atoms with E-state index in [0.717, 1.165) is 29.5 Å². The first-order valence-electron chi connectivity index (χ1n) is 27.6.